The Bertz CT molecular complexity index is 734. The van der Waals surface area contributed by atoms with Crippen LogP contribution in [0.4, 0.5) is 0 Å². The van der Waals surface area contributed by atoms with Crippen LogP contribution in [0, 0.1) is 10.8 Å². The molecule has 0 saturated carbocycles. The predicted octanol–water partition coefficient (Wildman–Crippen LogP) is 3.61. The van der Waals surface area contributed by atoms with Gasteiger partial charge in [-0.05, 0) is 35.3 Å². The molecular weight excluding hydrogens is 312 g/mol. The van der Waals surface area contributed by atoms with Gasteiger partial charge in [0, 0.05) is 24.8 Å². The average Bonchev–Trinajstić information content (AvgIpc) is 2.99. The van der Waals surface area contributed by atoms with Crippen molar-refractivity contribution >= 4 is 5.91 Å². The molecule has 2 aromatic rings. The van der Waals surface area contributed by atoms with E-state index in [-0.39, 0.29) is 16.7 Å². The van der Waals surface area contributed by atoms with Crippen LogP contribution in [0.3, 0.4) is 0 Å². The van der Waals surface area contributed by atoms with E-state index < -0.39 is 0 Å². The fourth-order valence-electron chi connectivity index (χ4n) is 4.18. The molecule has 0 radical (unpaired) electrons. The van der Waals surface area contributed by atoms with Gasteiger partial charge in [0.2, 0.25) is 0 Å². The van der Waals surface area contributed by atoms with Gasteiger partial charge < -0.3 is 4.90 Å². The number of rotatable bonds is 3. The monoisotopic (exact) mass is 340 g/mol. The topological polar surface area (TPSA) is 51.0 Å². The van der Waals surface area contributed by atoms with Gasteiger partial charge in [0.1, 0.15) is 0 Å². The fraction of sp³-hybridized carbons (Fsp3) is 0.550. The van der Waals surface area contributed by atoms with Gasteiger partial charge in [-0.1, -0.05) is 51.1 Å². The molecule has 1 aromatic heterocycles. The maximum absolute atomic E-state index is 13.3. The summed E-state index contributed by atoms with van der Waals surface area (Å²) in [6.45, 7) is 11.3. The lowest BCUT2D eigenvalue weighted by molar-refractivity contribution is 0.0704. The van der Waals surface area contributed by atoms with Crippen LogP contribution in [0.15, 0.2) is 36.7 Å². The lowest BCUT2D eigenvalue weighted by Gasteiger charge is -2.32. The minimum absolute atomic E-state index is 0.122. The molecule has 0 unspecified atom stereocenters. The summed E-state index contributed by atoms with van der Waals surface area (Å²) in [4.78, 5) is 15.3. The van der Waals surface area contributed by atoms with Crippen molar-refractivity contribution in [1.29, 1.82) is 0 Å². The highest BCUT2D eigenvalue weighted by molar-refractivity contribution is 5.95. The van der Waals surface area contributed by atoms with Gasteiger partial charge in [0.15, 0.2) is 0 Å². The van der Waals surface area contributed by atoms with E-state index >= 15 is 0 Å². The lowest BCUT2D eigenvalue weighted by atomic mass is 9.75. The zero-order chi connectivity index (χ0) is 18.1. The first-order chi connectivity index (χ1) is 11.8. The quantitative estimate of drug-likeness (QED) is 0.857. The van der Waals surface area contributed by atoms with Gasteiger partial charge in [-0.3, -0.25) is 4.79 Å². The van der Waals surface area contributed by atoms with Gasteiger partial charge >= 0.3 is 0 Å². The van der Waals surface area contributed by atoms with Crippen LogP contribution in [-0.2, 0) is 6.54 Å². The average molecular weight is 340 g/mol. The standard InChI is InChI=1S/C20H28N4O/c1-19(2)9-11-23(15-20(3,4)14-19)18(25)17-8-6-5-7-16(17)13-24-12-10-21-22-24/h5-8,10,12H,9,11,13-15H2,1-4H3. The molecule has 1 aliphatic heterocycles. The molecule has 0 aliphatic carbocycles. The Kier molecular flexibility index (Phi) is 4.67. The van der Waals surface area contributed by atoms with Crippen molar-refractivity contribution < 1.29 is 4.79 Å². The van der Waals surface area contributed by atoms with Gasteiger partial charge in [0.05, 0.1) is 12.7 Å². The zero-order valence-corrected chi connectivity index (χ0v) is 15.7. The summed E-state index contributed by atoms with van der Waals surface area (Å²) < 4.78 is 1.75. The molecule has 0 spiro atoms. The van der Waals surface area contributed by atoms with E-state index in [1.165, 1.54) is 0 Å². The molecule has 0 atom stereocenters. The maximum Gasteiger partial charge on any atom is 0.254 e. The van der Waals surface area contributed by atoms with Crippen LogP contribution in [0.5, 0.6) is 0 Å². The van der Waals surface area contributed by atoms with Crippen molar-refractivity contribution in [2.24, 2.45) is 10.8 Å². The summed E-state index contributed by atoms with van der Waals surface area (Å²) in [6, 6.07) is 7.84. The highest BCUT2D eigenvalue weighted by Crippen LogP contribution is 2.40. The van der Waals surface area contributed by atoms with E-state index in [2.05, 4.69) is 38.0 Å². The molecule has 1 aromatic carbocycles. The number of amides is 1. The zero-order valence-electron chi connectivity index (χ0n) is 15.7. The molecule has 1 aliphatic rings. The summed E-state index contributed by atoms with van der Waals surface area (Å²) in [7, 11) is 0. The molecule has 134 valence electrons. The van der Waals surface area contributed by atoms with E-state index in [4.69, 9.17) is 0 Å². The Morgan fingerprint density at radius 2 is 1.92 bits per heavy atom. The minimum atomic E-state index is 0.122. The summed E-state index contributed by atoms with van der Waals surface area (Å²) in [5.74, 6) is 0.126. The molecule has 2 heterocycles. The minimum Gasteiger partial charge on any atom is -0.338 e. The first kappa shape index (κ1) is 17.6. The molecule has 1 fully saturated rings. The Morgan fingerprint density at radius 1 is 1.16 bits per heavy atom. The molecule has 25 heavy (non-hydrogen) atoms. The Balaban J connectivity index is 1.85. The third-order valence-corrected chi connectivity index (χ3v) is 4.97. The number of aromatic nitrogens is 3. The maximum atomic E-state index is 13.3. The van der Waals surface area contributed by atoms with Crippen molar-refractivity contribution in [3.05, 3.63) is 47.8 Å². The van der Waals surface area contributed by atoms with E-state index in [1.807, 2.05) is 35.4 Å². The van der Waals surface area contributed by atoms with Crippen molar-refractivity contribution in [1.82, 2.24) is 19.9 Å². The van der Waals surface area contributed by atoms with Crippen LogP contribution in [0.25, 0.3) is 0 Å². The van der Waals surface area contributed by atoms with E-state index in [1.54, 1.807) is 10.9 Å². The number of likely N-dealkylation sites (tertiary alicyclic amines) is 1. The SMILES string of the molecule is CC1(C)CCN(C(=O)c2ccccc2Cn2ccnn2)CC(C)(C)C1. The van der Waals surface area contributed by atoms with E-state index in [9.17, 15) is 4.79 Å². The van der Waals surface area contributed by atoms with Gasteiger partial charge in [0.25, 0.3) is 5.91 Å². The first-order valence-electron chi connectivity index (χ1n) is 8.97. The van der Waals surface area contributed by atoms with Gasteiger partial charge in [-0.15, -0.1) is 5.10 Å². The van der Waals surface area contributed by atoms with Crippen molar-refractivity contribution in [3.63, 3.8) is 0 Å². The number of carbonyl (C=O) groups is 1. The van der Waals surface area contributed by atoms with Crippen LogP contribution in [0.1, 0.15) is 56.5 Å². The Labute approximate surface area is 150 Å². The Morgan fingerprint density at radius 3 is 2.64 bits per heavy atom. The van der Waals surface area contributed by atoms with Crippen LogP contribution in [-0.4, -0.2) is 38.9 Å². The smallest absolute Gasteiger partial charge is 0.254 e. The summed E-state index contributed by atoms with van der Waals surface area (Å²) >= 11 is 0. The number of hydrogen-bond acceptors (Lipinski definition) is 3. The number of nitrogens with zero attached hydrogens (tertiary/aromatic N) is 4. The van der Waals surface area contributed by atoms with Crippen LogP contribution >= 0.6 is 0 Å². The molecular formula is C20H28N4O. The summed E-state index contributed by atoms with van der Waals surface area (Å²) in [5.41, 5.74) is 2.14. The number of hydrogen-bond donors (Lipinski definition) is 0. The van der Waals surface area contributed by atoms with E-state index in [0.29, 0.717) is 6.54 Å². The highest BCUT2D eigenvalue weighted by atomic mass is 16.2. The number of benzene rings is 1. The molecule has 1 saturated heterocycles. The second-order valence-corrected chi connectivity index (χ2v) is 8.74. The third kappa shape index (κ3) is 4.27. The van der Waals surface area contributed by atoms with Crippen molar-refractivity contribution in [2.45, 2.75) is 47.1 Å². The molecule has 5 nitrogen and oxygen atoms in total. The second-order valence-electron chi connectivity index (χ2n) is 8.74. The van der Waals surface area contributed by atoms with E-state index in [0.717, 1.165) is 37.1 Å². The molecule has 0 N–H and O–H groups in total. The largest absolute Gasteiger partial charge is 0.338 e. The van der Waals surface area contributed by atoms with Crippen molar-refractivity contribution in [2.75, 3.05) is 13.1 Å². The third-order valence-electron chi connectivity index (χ3n) is 4.97. The van der Waals surface area contributed by atoms with Gasteiger partial charge in [-0.25, -0.2) is 4.68 Å². The van der Waals surface area contributed by atoms with Gasteiger partial charge in [-0.2, -0.15) is 0 Å². The molecule has 3 rings (SSSR count). The number of carbonyl (C=O) groups excluding carboxylic acids is 1. The van der Waals surface area contributed by atoms with Crippen LogP contribution in [0.2, 0.25) is 0 Å². The summed E-state index contributed by atoms with van der Waals surface area (Å²) in [5, 5.41) is 7.87. The molecule has 0 bridgehead atoms. The lowest BCUT2D eigenvalue weighted by Crippen LogP contribution is -2.38. The normalized spacial score (nSPS) is 19.4. The predicted molar refractivity (Wildman–Crippen MR) is 98.3 cm³/mol. The second kappa shape index (κ2) is 6.62. The van der Waals surface area contributed by atoms with Crippen LogP contribution < -0.4 is 0 Å². The highest BCUT2D eigenvalue weighted by Gasteiger charge is 2.36. The molecule has 1 amide bonds. The molecule has 5 heteroatoms. The fourth-order valence-corrected chi connectivity index (χ4v) is 4.18. The first-order valence-corrected chi connectivity index (χ1v) is 8.97. The van der Waals surface area contributed by atoms with Crippen molar-refractivity contribution in [3.8, 4) is 0 Å². The Hall–Kier alpha value is -2.17. The summed E-state index contributed by atoms with van der Waals surface area (Å²) in [6.07, 6.45) is 5.64.